The molecule has 0 bridgehead atoms. The summed E-state index contributed by atoms with van der Waals surface area (Å²) in [5.41, 5.74) is 2.45. The lowest BCUT2D eigenvalue weighted by molar-refractivity contribution is 0.531. The fourth-order valence-corrected chi connectivity index (χ4v) is 2.57. The van der Waals surface area contributed by atoms with Gasteiger partial charge in [0.1, 0.15) is 0 Å². The predicted octanol–water partition coefficient (Wildman–Crippen LogP) is 2.97. The molecule has 0 saturated heterocycles. The van der Waals surface area contributed by atoms with Gasteiger partial charge in [0.15, 0.2) is 0 Å². The molecular formula is C16H17NO2S. The van der Waals surface area contributed by atoms with E-state index < -0.39 is 10.0 Å². The highest BCUT2D eigenvalue weighted by atomic mass is 32.2. The molecule has 2 aromatic carbocycles. The number of sulfonamides is 1. The first-order chi connectivity index (χ1) is 9.50. The molecule has 2 aromatic rings. The van der Waals surface area contributed by atoms with E-state index in [1.54, 1.807) is 0 Å². The van der Waals surface area contributed by atoms with Crippen LogP contribution in [-0.4, -0.2) is 26.8 Å². The van der Waals surface area contributed by atoms with Gasteiger partial charge in [0.2, 0.25) is 10.0 Å². The van der Waals surface area contributed by atoms with Crippen molar-refractivity contribution in [1.82, 2.24) is 4.31 Å². The SMILES string of the molecule is CN(C)S(=O)(=O)C=C(c1ccccc1)c1ccccc1. The van der Waals surface area contributed by atoms with Crippen LogP contribution in [0.2, 0.25) is 0 Å². The Balaban J connectivity index is 2.61. The van der Waals surface area contributed by atoms with Gasteiger partial charge >= 0.3 is 0 Å². The first-order valence-electron chi connectivity index (χ1n) is 6.26. The largest absolute Gasteiger partial charge is 0.236 e. The third-order valence-electron chi connectivity index (χ3n) is 2.95. The maximum absolute atomic E-state index is 12.1. The Morgan fingerprint density at radius 2 is 1.25 bits per heavy atom. The summed E-state index contributed by atoms with van der Waals surface area (Å²) in [4.78, 5) is 0. The molecular weight excluding hydrogens is 270 g/mol. The van der Waals surface area contributed by atoms with Gasteiger partial charge in [0, 0.05) is 19.7 Å². The smallest absolute Gasteiger partial charge is 0.208 e. The Bertz CT molecular complexity index is 648. The molecule has 0 spiro atoms. The van der Waals surface area contributed by atoms with Gasteiger partial charge in [-0.1, -0.05) is 60.7 Å². The Hall–Kier alpha value is -1.91. The summed E-state index contributed by atoms with van der Waals surface area (Å²) in [5.74, 6) is 0. The Labute approximate surface area is 120 Å². The van der Waals surface area contributed by atoms with Crippen molar-refractivity contribution >= 4 is 15.6 Å². The lowest BCUT2D eigenvalue weighted by Crippen LogP contribution is -2.19. The molecule has 0 aliphatic rings. The third kappa shape index (κ3) is 3.35. The van der Waals surface area contributed by atoms with Gasteiger partial charge in [-0.3, -0.25) is 0 Å². The van der Waals surface area contributed by atoms with Crippen LogP contribution in [0.25, 0.3) is 5.57 Å². The van der Waals surface area contributed by atoms with Gasteiger partial charge in [-0.2, -0.15) is 0 Å². The van der Waals surface area contributed by atoms with Crippen LogP contribution >= 0.6 is 0 Å². The van der Waals surface area contributed by atoms with Crippen molar-refractivity contribution in [3.8, 4) is 0 Å². The molecule has 2 rings (SSSR count). The lowest BCUT2D eigenvalue weighted by atomic mass is 10.00. The normalized spacial score (nSPS) is 11.3. The van der Waals surface area contributed by atoms with Crippen molar-refractivity contribution in [1.29, 1.82) is 0 Å². The Morgan fingerprint density at radius 3 is 1.60 bits per heavy atom. The minimum atomic E-state index is -3.42. The van der Waals surface area contributed by atoms with Crippen LogP contribution < -0.4 is 0 Å². The molecule has 3 nitrogen and oxygen atoms in total. The molecule has 0 heterocycles. The highest BCUT2D eigenvalue weighted by Gasteiger charge is 2.14. The molecule has 0 aliphatic heterocycles. The zero-order chi connectivity index (χ0) is 14.6. The van der Waals surface area contributed by atoms with Gasteiger partial charge in [-0.25, -0.2) is 12.7 Å². The van der Waals surface area contributed by atoms with Crippen molar-refractivity contribution in [2.75, 3.05) is 14.1 Å². The predicted molar refractivity (Wildman–Crippen MR) is 82.6 cm³/mol. The van der Waals surface area contributed by atoms with Crippen LogP contribution in [0.5, 0.6) is 0 Å². The summed E-state index contributed by atoms with van der Waals surface area (Å²) >= 11 is 0. The second-order valence-electron chi connectivity index (χ2n) is 4.59. The number of hydrogen-bond donors (Lipinski definition) is 0. The van der Waals surface area contributed by atoms with Crippen molar-refractivity contribution in [2.45, 2.75) is 0 Å². The van der Waals surface area contributed by atoms with Gasteiger partial charge in [0.25, 0.3) is 0 Å². The van der Waals surface area contributed by atoms with Crippen LogP contribution in [0.1, 0.15) is 11.1 Å². The molecule has 0 aromatic heterocycles. The van der Waals surface area contributed by atoms with Gasteiger partial charge < -0.3 is 0 Å². The molecule has 0 aliphatic carbocycles. The summed E-state index contributed by atoms with van der Waals surface area (Å²) in [6.07, 6.45) is 0. The van der Waals surface area contributed by atoms with Crippen LogP contribution in [0.4, 0.5) is 0 Å². The van der Waals surface area contributed by atoms with Crippen molar-refractivity contribution < 1.29 is 8.42 Å². The molecule has 104 valence electrons. The third-order valence-corrected chi connectivity index (χ3v) is 4.50. The molecule has 0 amide bonds. The summed E-state index contributed by atoms with van der Waals surface area (Å²) in [7, 11) is -0.368. The number of nitrogens with zero attached hydrogens (tertiary/aromatic N) is 1. The van der Waals surface area contributed by atoms with E-state index in [0.717, 1.165) is 11.1 Å². The fraction of sp³-hybridized carbons (Fsp3) is 0.125. The van der Waals surface area contributed by atoms with E-state index in [2.05, 4.69) is 0 Å². The quantitative estimate of drug-likeness (QED) is 0.867. The Morgan fingerprint density at radius 1 is 0.850 bits per heavy atom. The van der Waals surface area contributed by atoms with Crippen molar-refractivity contribution in [3.63, 3.8) is 0 Å². The number of rotatable bonds is 4. The summed E-state index contributed by atoms with van der Waals surface area (Å²) in [5, 5.41) is 1.32. The van der Waals surface area contributed by atoms with E-state index in [0.29, 0.717) is 5.57 Å². The zero-order valence-electron chi connectivity index (χ0n) is 11.5. The van der Waals surface area contributed by atoms with Gasteiger partial charge in [0.05, 0.1) is 5.41 Å². The molecule has 0 fully saturated rings. The molecule has 0 saturated carbocycles. The van der Waals surface area contributed by atoms with Gasteiger partial charge in [-0.15, -0.1) is 0 Å². The van der Waals surface area contributed by atoms with E-state index in [1.165, 1.54) is 23.8 Å². The maximum atomic E-state index is 12.1. The first-order valence-corrected chi connectivity index (χ1v) is 7.76. The number of hydrogen-bond acceptors (Lipinski definition) is 2. The van der Waals surface area contributed by atoms with Crippen LogP contribution in [0.15, 0.2) is 66.1 Å². The lowest BCUT2D eigenvalue weighted by Gasteiger charge is -2.12. The highest BCUT2D eigenvalue weighted by molar-refractivity contribution is 7.92. The van der Waals surface area contributed by atoms with Gasteiger partial charge in [-0.05, 0) is 11.1 Å². The average Bonchev–Trinajstić information content (AvgIpc) is 2.46. The molecule has 0 atom stereocenters. The maximum Gasteiger partial charge on any atom is 0.236 e. The van der Waals surface area contributed by atoms with Crippen molar-refractivity contribution in [3.05, 3.63) is 77.2 Å². The van der Waals surface area contributed by atoms with Crippen molar-refractivity contribution in [2.24, 2.45) is 0 Å². The van der Waals surface area contributed by atoms with Crippen LogP contribution in [0, 0.1) is 0 Å². The average molecular weight is 287 g/mol. The summed E-state index contributed by atoms with van der Waals surface area (Å²) in [6, 6.07) is 19.0. The van der Waals surface area contributed by atoms with E-state index in [4.69, 9.17) is 0 Å². The molecule has 0 N–H and O–H groups in total. The van der Waals surface area contributed by atoms with Crippen LogP contribution in [0.3, 0.4) is 0 Å². The molecule has 0 radical (unpaired) electrons. The summed E-state index contributed by atoms with van der Waals surface area (Å²) < 4.78 is 25.5. The van der Waals surface area contributed by atoms with Crippen LogP contribution in [-0.2, 0) is 10.0 Å². The van der Waals surface area contributed by atoms with E-state index in [-0.39, 0.29) is 0 Å². The summed E-state index contributed by atoms with van der Waals surface area (Å²) in [6.45, 7) is 0. The van der Waals surface area contributed by atoms with E-state index in [1.807, 2.05) is 60.7 Å². The fourth-order valence-electron chi connectivity index (χ4n) is 1.79. The zero-order valence-corrected chi connectivity index (χ0v) is 12.3. The second-order valence-corrected chi connectivity index (χ2v) is 6.59. The minimum absolute atomic E-state index is 0.694. The molecule has 0 unspecified atom stereocenters. The van der Waals surface area contributed by atoms with E-state index >= 15 is 0 Å². The monoisotopic (exact) mass is 287 g/mol. The molecule has 20 heavy (non-hydrogen) atoms. The van der Waals surface area contributed by atoms with E-state index in [9.17, 15) is 8.42 Å². The standard InChI is InChI=1S/C16H17NO2S/c1-17(2)20(18,19)13-16(14-9-5-3-6-10-14)15-11-7-4-8-12-15/h3-13H,1-2H3. The second kappa shape index (κ2) is 6.03. The highest BCUT2D eigenvalue weighted by Crippen LogP contribution is 2.24. The minimum Gasteiger partial charge on any atom is -0.208 e. The molecule has 4 heteroatoms. The first kappa shape index (κ1) is 14.5. The topological polar surface area (TPSA) is 37.4 Å². The number of benzene rings is 2. The Kier molecular flexibility index (Phi) is 4.37.